The van der Waals surface area contributed by atoms with Crippen molar-refractivity contribution in [1.82, 2.24) is 10.3 Å². The predicted molar refractivity (Wildman–Crippen MR) is 98.4 cm³/mol. The maximum atomic E-state index is 10.9. The van der Waals surface area contributed by atoms with E-state index in [1.165, 1.54) is 6.07 Å². The average molecular weight is 421 g/mol. The highest BCUT2D eigenvalue weighted by molar-refractivity contribution is 9.10. The minimum atomic E-state index is -0.522. The highest BCUT2D eigenvalue weighted by Crippen LogP contribution is 2.41. The van der Waals surface area contributed by atoms with Crippen LogP contribution >= 0.6 is 15.9 Å². The van der Waals surface area contributed by atoms with Crippen LogP contribution in [0.2, 0.25) is 0 Å². The number of alkyl halides is 1. The van der Waals surface area contributed by atoms with E-state index in [1.807, 2.05) is 35.5 Å². The molecule has 1 fully saturated rings. The number of methoxy groups -OCH3 is 1. The van der Waals surface area contributed by atoms with Crippen LogP contribution in [0.3, 0.4) is 0 Å². The number of ether oxygens (including phenoxy) is 1. The van der Waals surface area contributed by atoms with E-state index in [4.69, 9.17) is 9.15 Å². The Morgan fingerprint density at radius 1 is 1.35 bits per heavy atom. The van der Waals surface area contributed by atoms with Crippen molar-refractivity contribution in [2.45, 2.75) is 29.5 Å². The zero-order valence-electron chi connectivity index (χ0n) is 13.9. The number of nitrogens with zero attached hydrogens (tertiary/aromatic N) is 3. The van der Waals surface area contributed by atoms with Gasteiger partial charge in [0.05, 0.1) is 30.1 Å². The van der Waals surface area contributed by atoms with E-state index in [-0.39, 0.29) is 29.0 Å². The molecule has 3 heterocycles. The van der Waals surface area contributed by atoms with E-state index in [0.29, 0.717) is 12.2 Å². The minimum Gasteiger partial charge on any atom is -0.497 e. The first kappa shape index (κ1) is 17.0. The number of hydrazone groups is 1. The molecular formula is C17H17BrN4O4. The molecule has 0 bridgehead atoms. The molecule has 2 aliphatic heterocycles. The van der Waals surface area contributed by atoms with Crippen molar-refractivity contribution in [2.24, 2.45) is 5.10 Å². The van der Waals surface area contributed by atoms with Crippen LogP contribution in [0.5, 0.6) is 5.75 Å². The average Bonchev–Trinajstić information content (AvgIpc) is 3.29. The fraction of sp³-hybridized carbons (Fsp3) is 0.353. The van der Waals surface area contributed by atoms with Crippen LogP contribution in [0.25, 0.3) is 0 Å². The molecule has 0 saturated carbocycles. The first-order valence-electron chi connectivity index (χ1n) is 8.17. The molecule has 4 atom stereocenters. The van der Waals surface area contributed by atoms with Gasteiger partial charge in [-0.1, -0.05) is 28.1 Å². The SMILES string of the molecule is COc1ccc(C2CC(c3ccc([N+](=O)[O-])o3)NC3C(Br)C=NN23)cc1. The number of benzene rings is 1. The lowest BCUT2D eigenvalue weighted by Crippen LogP contribution is -2.52. The third-order valence-corrected chi connectivity index (χ3v) is 5.45. The van der Waals surface area contributed by atoms with Gasteiger partial charge in [-0.25, -0.2) is 0 Å². The van der Waals surface area contributed by atoms with E-state index in [0.717, 1.165) is 11.3 Å². The van der Waals surface area contributed by atoms with Gasteiger partial charge in [0.1, 0.15) is 22.6 Å². The van der Waals surface area contributed by atoms with Crippen LogP contribution in [0.15, 0.2) is 45.9 Å². The predicted octanol–water partition coefficient (Wildman–Crippen LogP) is 3.36. The number of rotatable bonds is 4. The van der Waals surface area contributed by atoms with Crippen molar-refractivity contribution >= 4 is 28.0 Å². The summed E-state index contributed by atoms with van der Waals surface area (Å²) < 4.78 is 10.7. The summed E-state index contributed by atoms with van der Waals surface area (Å²) in [5, 5.41) is 20.9. The Balaban J connectivity index is 1.64. The topological polar surface area (TPSA) is 93.1 Å². The molecule has 2 aromatic rings. The van der Waals surface area contributed by atoms with Gasteiger partial charge in [-0.05, 0) is 30.2 Å². The summed E-state index contributed by atoms with van der Waals surface area (Å²) in [6.07, 6.45) is 2.45. The monoisotopic (exact) mass is 420 g/mol. The largest absolute Gasteiger partial charge is 0.497 e. The van der Waals surface area contributed by atoms with E-state index in [1.54, 1.807) is 13.2 Å². The van der Waals surface area contributed by atoms with Crippen molar-refractivity contribution in [3.8, 4) is 5.75 Å². The van der Waals surface area contributed by atoms with Crippen molar-refractivity contribution in [3.63, 3.8) is 0 Å². The molecule has 8 nitrogen and oxygen atoms in total. The standard InChI is InChI=1S/C17H17BrN4O4/c1-25-11-4-2-10(3-5-11)14-8-13(15-6-7-16(26-15)22(23)24)20-17-12(18)9-19-21(14)17/h2-7,9,12-14,17,20H,8H2,1H3. The number of nitro groups is 1. The minimum absolute atomic E-state index is 0.0140. The van der Waals surface area contributed by atoms with Crippen LogP contribution in [0, 0.1) is 10.1 Å². The number of furan rings is 1. The van der Waals surface area contributed by atoms with Crippen LogP contribution in [-0.2, 0) is 0 Å². The molecule has 1 aromatic carbocycles. The summed E-state index contributed by atoms with van der Waals surface area (Å²) in [5.74, 6) is 1.10. The zero-order chi connectivity index (χ0) is 18.3. The first-order valence-corrected chi connectivity index (χ1v) is 9.09. The van der Waals surface area contributed by atoms with Crippen molar-refractivity contribution < 1.29 is 14.1 Å². The van der Waals surface area contributed by atoms with Gasteiger partial charge >= 0.3 is 5.88 Å². The number of nitrogens with one attached hydrogen (secondary N) is 1. The Morgan fingerprint density at radius 3 is 2.77 bits per heavy atom. The lowest BCUT2D eigenvalue weighted by molar-refractivity contribution is -0.402. The Hall–Kier alpha value is -2.39. The van der Waals surface area contributed by atoms with Crippen molar-refractivity contribution in [1.29, 1.82) is 0 Å². The molecule has 4 unspecified atom stereocenters. The molecule has 0 aliphatic carbocycles. The van der Waals surface area contributed by atoms with E-state index in [2.05, 4.69) is 26.3 Å². The van der Waals surface area contributed by atoms with Gasteiger partial charge in [0, 0.05) is 6.21 Å². The van der Waals surface area contributed by atoms with E-state index >= 15 is 0 Å². The molecule has 0 spiro atoms. The lowest BCUT2D eigenvalue weighted by atomic mass is 9.94. The number of halogens is 1. The molecule has 0 radical (unpaired) electrons. The molecule has 4 rings (SSSR count). The maximum absolute atomic E-state index is 10.9. The Labute approximate surface area is 158 Å². The number of fused-ring (bicyclic) bond motifs is 1. The fourth-order valence-corrected chi connectivity index (χ4v) is 3.93. The van der Waals surface area contributed by atoms with Gasteiger partial charge in [0.25, 0.3) is 0 Å². The highest BCUT2D eigenvalue weighted by Gasteiger charge is 2.42. The van der Waals surface area contributed by atoms with Crippen LogP contribution in [0.4, 0.5) is 5.88 Å². The highest BCUT2D eigenvalue weighted by atomic mass is 79.9. The smallest absolute Gasteiger partial charge is 0.433 e. The summed E-state index contributed by atoms with van der Waals surface area (Å²) in [4.78, 5) is 10.4. The van der Waals surface area contributed by atoms with Gasteiger partial charge in [0.2, 0.25) is 0 Å². The van der Waals surface area contributed by atoms with Gasteiger partial charge in [-0.3, -0.25) is 20.4 Å². The quantitative estimate of drug-likeness (QED) is 0.462. The molecular weight excluding hydrogens is 404 g/mol. The fourth-order valence-electron chi connectivity index (χ4n) is 3.43. The lowest BCUT2D eigenvalue weighted by Gasteiger charge is -2.42. The summed E-state index contributed by atoms with van der Waals surface area (Å²) in [7, 11) is 1.63. The van der Waals surface area contributed by atoms with E-state index in [9.17, 15) is 10.1 Å². The van der Waals surface area contributed by atoms with Crippen molar-refractivity contribution in [3.05, 3.63) is 57.8 Å². The molecule has 0 amide bonds. The summed E-state index contributed by atoms with van der Waals surface area (Å²) in [5.41, 5.74) is 1.10. The molecule has 136 valence electrons. The summed E-state index contributed by atoms with van der Waals surface area (Å²) in [6.45, 7) is 0. The first-order chi connectivity index (χ1) is 12.6. The van der Waals surface area contributed by atoms with Gasteiger partial charge in [-0.2, -0.15) is 5.10 Å². The van der Waals surface area contributed by atoms with Gasteiger partial charge in [0.15, 0.2) is 0 Å². The molecule has 26 heavy (non-hydrogen) atoms. The third-order valence-electron chi connectivity index (χ3n) is 4.72. The second-order valence-electron chi connectivity index (χ2n) is 6.21. The van der Waals surface area contributed by atoms with Crippen molar-refractivity contribution in [2.75, 3.05) is 7.11 Å². The number of hydrogen-bond acceptors (Lipinski definition) is 7. The van der Waals surface area contributed by atoms with Gasteiger partial charge < -0.3 is 9.15 Å². The molecule has 9 heteroatoms. The molecule has 2 aliphatic rings. The normalized spacial score (nSPS) is 27.4. The molecule has 1 aromatic heterocycles. The Morgan fingerprint density at radius 2 is 2.12 bits per heavy atom. The maximum Gasteiger partial charge on any atom is 0.433 e. The van der Waals surface area contributed by atoms with Crippen LogP contribution in [0.1, 0.15) is 29.8 Å². The van der Waals surface area contributed by atoms with Gasteiger partial charge in [-0.15, -0.1) is 0 Å². The Bertz CT molecular complexity index is 838. The molecule has 1 saturated heterocycles. The van der Waals surface area contributed by atoms with Crippen LogP contribution in [-0.4, -0.2) is 34.2 Å². The summed E-state index contributed by atoms with van der Waals surface area (Å²) in [6, 6.07) is 10.8. The van der Waals surface area contributed by atoms with Crippen LogP contribution < -0.4 is 10.1 Å². The third kappa shape index (κ3) is 2.97. The summed E-state index contributed by atoms with van der Waals surface area (Å²) >= 11 is 3.62. The second kappa shape index (κ2) is 6.73. The number of hydrogen-bond donors (Lipinski definition) is 1. The van der Waals surface area contributed by atoms with E-state index < -0.39 is 4.92 Å². The Kier molecular flexibility index (Phi) is 4.41. The second-order valence-corrected chi connectivity index (χ2v) is 7.27. The molecule has 1 N–H and O–H groups in total. The zero-order valence-corrected chi connectivity index (χ0v) is 15.5.